The molecule has 0 aliphatic carbocycles. The van der Waals surface area contributed by atoms with Gasteiger partial charge in [0, 0.05) is 39.5 Å². The van der Waals surface area contributed by atoms with Gasteiger partial charge >= 0.3 is 0 Å². The van der Waals surface area contributed by atoms with Crippen LogP contribution in [0.5, 0.6) is 0 Å². The van der Waals surface area contributed by atoms with Crippen LogP contribution in [0.4, 0.5) is 0 Å². The number of rotatable bonds is 8. The van der Waals surface area contributed by atoms with E-state index in [1.54, 1.807) is 0 Å². The number of pyridine rings is 1. The molecule has 7 aromatic rings. The number of aromatic nitrogens is 2. The standard InChI is InChI=1S/C39H34N2/c1-2-3-4-12-23-41-38-18-11-10-17-34(38)35-22-21-32(27-39(35)41)37-26-33(28-13-6-5-7-14-28)25-36(40-37)31-20-19-29-15-8-9-16-30(29)24-31/h5-11,13-22,24-27H,2-4,12,23H2,1H3. The van der Waals surface area contributed by atoms with E-state index in [1.807, 2.05) is 0 Å². The van der Waals surface area contributed by atoms with Crippen LogP contribution in [0.2, 0.25) is 0 Å². The lowest BCUT2D eigenvalue weighted by Gasteiger charge is -2.12. The van der Waals surface area contributed by atoms with Gasteiger partial charge in [-0.25, -0.2) is 4.98 Å². The number of fused-ring (bicyclic) bond motifs is 4. The Kier molecular flexibility index (Phi) is 6.82. The smallest absolute Gasteiger partial charge is 0.0716 e. The van der Waals surface area contributed by atoms with Crippen LogP contribution in [0.15, 0.2) is 127 Å². The predicted molar refractivity (Wildman–Crippen MR) is 175 cm³/mol. The second-order valence-electron chi connectivity index (χ2n) is 11.0. The van der Waals surface area contributed by atoms with Gasteiger partial charge in [-0.1, -0.05) is 123 Å². The van der Waals surface area contributed by atoms with Crippen molar-refractivity contribution >= 4 is 32.6 Å². The molecule has 2 heterocycles. The Morgan fingerprint density at radius 2 is 1.17 bits per heavy atom. The molecule has 2 heteroatoms. The molecule has 0 fully saturated rings. The number of aryl methyl sites for hydroxylation is 1. The lowest BCUT2D eigenvalue weighted by Crippen LogP contribution is -1.98. The normalized spacial score (nSPS) is 11.5. The van der Waals surface area contributed by atoms with Gasteiger partial charge in [0.15, 0.2) is 0 Å². The van der Waals surface area contributed by atoms with Crippen LogP contribution in [0.25, 0.3) is 66.2 Å². The Balaban J connectivity index is 1.39. The molecule has 0 spiro atoms. The lowest BCUT2D eigenvalue weighted by molar-refractivity contribution is 0.602. The maximum atomic E-state index is 5.27. The molecule has 200 valence electrons. The lowest BCUT2D eigenvalue weighted by atomic mass is 9.98. The van der Waals surface area contributed by atoms with Gasteiger partial charge in [0.05, 0.1) is 11.4 Å². The minimum atomic E-state index is 0.993. The molecule has 2 aromatic heterocycles. The summed E-state index contributed by atoms with van der Waals surface area (Å²) in [6.45, 7) is 3.31. The maximum Gasteiger partial charge on any atom is 0.0716 e. The second kappa shape index (κ2) is 11.1. The van der Waals surface area contributed by atoms with Crippen LogP contribution in [0.1, 0.15) is 32.6 Å². The summed E-state index contributed by atoms with van der Waals surface area (Å²) < 4.78 is 2.52. The van der Waals surface area contributed by atoms with E-state index < -0.39 is 0 Å². The van der Waals surface area contributed by atoms with Crippen molar-refractivity contribution in [2.24, 2.45) is 0 Å². The topological polar surface area (TPSA) is 17.8 Å². The average Bonchev–Trinajstić information content (AvgIpc) is 3.36. The highest BCUT2D eigenvalue weighted by molar-refractivity contribution is 6.09. The summed E-state index contributed by atoms with van der Waals surface area (Å²) in [5, 5.41) is 5.11. The van der Waals surface area contributed by atoms with E-state index in [-0.39, 0.29) is 0 Å². The van der Waals surface area contributed by atoms with Crippen molar-refractivity contribution < 1.29 is 0 Å². The van der Waals surface area contributed by atoms with Gasteiger partial charge < -0.3 is 4.57 Å². The molecular weight excluding hydrogens is 496 g/mol. The third-order valence-corrected chi connectivity index (χ3v) is 8.28. The van der Waals surface area contributed by atoms with Crippen molar-refractivity contribution in [1.82, 2.24) is 9.55 Å². The van der Waals surface area contributed by atoms with Crippen LogP contribution in [0, 0.1) is 0 Å². The van der Waals surface area contributed by atoms with Gasteiger partial charge in [-0.15, -0.1) is 0 Å². The highest BCUT2D eigenvalue weighted by Crippen LogP contribution is 2.35. The Morgan fingerprint density at radius 1 is 0.488 bits per heavy atom. The number of para-hydroxylation sites is 1. The average molecular weight is 531 g/mol. The van der Waals surface area contributed by atoms with Gasteiger partial charge in [0.2, 0.25) is 0 Å². The van der Waals surface area contributed by atoms with E-state index in [1.165, 1.54) is 69.4 Å². The molecular formula is C39H34N2. The third-order valence-electron chi connectivity index (χ3n) is 8.28. The van der Waals surface area contributed by atoms with Gasteiger partial charge in [0.25, 0.3) is 0 Å². The summed E-state index contributed by atoms with van der Waals surface area (Å²) >= 11 is 0. The molecule has 0 aliphatic rings. The molecule has 0 unspecified atom stereocenters. The molecule has 0 aliphatic heterocycles. The summed E-state index contributed by atoms with van der Waals surface area (Å²) in [6.07, 6.45) is 5.00. The fourth-order valence-electron chi connectivity index (χ4n) is 6.12. The van der Waals surface area contributed by atoms with Crippen molar-refractivity contribution in [2.45, 2.75) is 39.2 Å². The quantitative estimate of drug-likeness (QED) is 0.179. The number of unbranched alkanes of at least 4 members (excludes halogenated alkanes) is 3. The van der Waals surface area contributed by atoms with Crippen LogP contribution in [-0.4, -0.2) is 9.55 Å². The molecule has 0 N–H and O–H groups in total. The first-order chi connectivity index (χ1) is 20.3. The number of hydrogen-bond acceptors (Lipinski definition) is 1. The van der Waals surface area contributed by atoms with Gasteiger partial charge in [-0.05, 0) is 58.7 Å². The minimum Gasteiger partial charge on any atom is -0.340 e. The molecule has 41 heavy (non-hydrogen) atoms. The first-order valence-corrected chi connectivity index (χ1v) is 14.9. The SMILES string of the molecule is CCCCCCn1c2ccccc2c2ccc(-c3cc(-c4ccccc4)cc(-c4ccc5ccccc5c4)n3)cc21. The van der Waals surface area contributed by atoms with Crippen LogP contribution < -0.4 is 0 Å². The number of hydrogen-bond donors (Lipinski definition) is 0. The van der Waals surface area contributed by atoms with Crippen LogP contribution in [-0.2, 0) is 6.54 Å². The number of benzene rings is 5. The number of nitrogens with zero attached hydrogens (tertiary/aromatic N) is 2. The summed E-state index contributed by atoms with van der Waals surface area (Å²) in [7, 11) is 0. The van der Waals surface area contributed by atoms with Crippen molar-refractivity contribution in [3.63, 3.8) is 0 Å². The van der Waals surface area contributed by atoms with Crippen molar-refractivity contribution in [1.29, 1.82) is 0 Å². The Hall–Kier alpha value is -4.69. The fourth-order valence-corrected chi connectivity index (χ4v) is 6.12. The van der Waals surface area contributed by atoms with E-state index in [2.05, 4.69) is 139 Å². The first-order valence-electron chi connectivity index (χ1n) is 14.9. The van der Waals surface area contributed by atoms with Crippen LogP contribution >= 0.6 is 0 Å². The Bertz CT molecular complexity index is 1980. The Morgan fingerprint density at radius 3 is 2.00 bits per heavy atom. The molecule has 0 saturated carbocycles. The molecule has 0 amide bonds. The predicted octanol–water partition coefficient (Wildman–Crippen LogP) is 10.9. The summed E-state index contributed by atoms with van der Waals surface area (Å²) in [5.41, 5.74) is 9.26. The zero-order valence-electron chi connectivity index (χ0n) is 23.6. The van der Waals surface area contributed by atoms with Gasteiger partial charge in [0.1, 0.15) is 0 Å². The van der Waals surface area contributed by atoms with Crippen LogP contribution in [0.3, 0.4) is 0 Å². The fraction of sp³-hybridized carbons (Fsp3) is 0.154. The van der Waals surface area contributed by atoms with Gasteiger partial charge in [-0.3, -0.25) is 0 Å². The van der Waals surface area contributed by atoms with E-state index in [9.17, 15) is 0 Å². The van der Waals surface area contributed by atoms with E-state index in [0.29, 0.717) is 0 Å². The molecule has 0 saturated heterocycles. The van der Waals surface area contributed by atoms with Crippen molar-refractivity contribution in [2.75, 3.05) is 0 Å². The van der Waals surface area contributed by atoms with Crippen molar-refractivity contribution in [3.8, 4) is 33.6 Å². The molecule has 0 bridgehead atoms. The Labute approximate surface area is 241 Å². The zero-order chi connectivity index (χ0) is 27.6. The van der Waals surface area contributed by atoms with E-state index >= 15 is 0 Å². The second-order valence-corrected chi connectivity index (χ2v) is 11.0. The molecule has 2 nitrogen and oxygen atoms in total. The molecule has 7 rings (SSSR count). The maximum absolute atomic E-state index is 5.27. The summed E-state index contributed by atoms with van der Waals surface area (Å²) in [5.74, 6) is 0. The minimum absolute atomic E-state index is 0.993. The first kappa shape index (κ1) is 25.3. The summed E-state index contributed by atoms with van der Waals surface area (Å²) in [4.78, 5) is 5.27. The van der Waals surface area contributed by atoms with Crippen molar-refractivity contribution in [3.05, 3.63) is 127 Å². The zero-order valence-corrected chi connectivity index (χ0v) is 23.6. The molecule has 0 radical (unpaired) electrons. The van der Waals surface area contributed by atoms with Gasteiger partial charge in [-0.2, -0.15) is 0 Å². The third kappa shape index (κ3) is 4.91. The molecule has 5 aromatic carbocycles. The van der Waals surface area contributed by atoms with E-state index in [0.717, 1.165) is 29.1 Å². The monoisotopic (exact) mass is 530 g/mol. The highest BCUT2D eigenvalue weighted by Gasteiger charge is 2.14. The summed E-state index contributed by atoms with van der Waals surface area (Å²) in [6, 6.07) is 46.0. The largest absolute Gasteiger partial charge is 0.340 e. The highest BCUT2D eigenvalue weighted by atomic mass is 15.0. The van der Waals surface area contributed by atoms with E-state index in [4.69, 9.17) is 4.98 Å². The molecule has 0 atom stereocenters.